The Labute approximate surface area is 137 Å². The van der Waals surface area contributed by atoms with Gasteiger partial charge in [0.1, 0.15) is 6.04 Å². The van der Waals surface area contributed by atoms with E-state index < -0.39 is 17.9 Å². The Balaban J connectivity index is 2.17. The van der Waals surface area contributed by atoms with Crippen LogP contribution in [0.4, 0.5) is 13.2 Å². The molecule has 1 atom stereocenters. The second kappa shape index (κ2) is 6.29. The summed E-state index contributed by atoms with van der Waals surface area (Å²) in [4.78, 5) is 14.0. The number of halogens is 3. The van der Waals surface area contributed by atoms with Crippen molar-refractivity contribution in [1.29, 1.82) is 0 Å². The van der Waals surface area contributed by atoms with Crippen LogP contribution in [-0.2, 0) is 24.6 Å². The number of nitrogens with zero attached hydrogens (tertiary/aromatic N) is 5. The summed E-state index contributed by atoms with van der Waals surface area (Å²) in [6, 6.07) is 0.109. The monoisotopic (exact) mass is 343 g/mol. The molecule has 2 rings (SSSR count). The predicted octanol–water partition coefficient (Wildman–Crippen LogP) is 2.47. The summed E-state index contributed by atoms with van der Waals surface area (Å²) in [6.07, 6.45) is -2.72. The first-order valence-corrected chi connectivity index (χ1v) is 7.38. The van der Waals surface area contributed by atoms with Gasteiger partial charge in [0.05, 0.1) is 5.69 Å². The van der Waals surface area contributed by atoms with Crippen molar-refractivity contribution >= 4 is 5.91 Å². The van der Waals surface area contributed by atoms with Crippen LogP contribution in [0, 0.1) is 13.8 Å². The van der Waals surface area contributed by atoms with Crippen LogP contribution in [-0.4, -0.2) is 37.4 Å². The molecule has 9 heteroatoms. The van der Waals surface area contributed by atoms with E-state index in [9.17, 15) is 18.0 Å². The van der Waals surface area contributed by atoms with Gasteiger partial charge in [0.2, 0.25) is 5.91 Å². The molecule has 0 saturated carbocycles. The number of rotatable bonds is 4. The van der Waals surface area contributed by atoms with Crippen molar-refractivity contribution in [2.75, 3.05) is 7.05 Å². The van der Waals surface area contributed by atoms with Gasteiger partial charge in [-0.25, -0.2) is 0 Å². The number of amides is 1. The Hall–Kier alpha value is -2.32. The van der Waals surface area contributed by atoms with Crippen molar-refractivity contribution in [3.8, 4) is 0 Å². The van der Waals surface area contributed by atoms with Gasteiger partial charge < -0.3 is 4.90 Å². The van der Waals surface area contributed by atoms with Crippen molar-refractivity contribution in [3.05, 3.63) is 34.9 Å². The molecular weight excluding hydrogens is 323 g/mol. The number of likely N-dealkylation sites (N-methyl/N-ethyl adjacent to an activating group) is 1. The molecule has 0 saturated heterocycles. The lowest BCUT2D eigenvalue weighted by atomic mass is 10.2. The minimum absolute atomic E-state index is 0.286. The molecule has 2 aromatic rings. The van der Waals surface area contributed by atoms with Crippen LogP contribution in [0.5, 0.6) is 0 Å². The molecule has 0 aliphatic rings. The number of carbonyl (C=O) groups excluding carboxylic acids is 1. The van der Waals surface area contributed by atoms with E-state index in [1.54, 1.807) is 18.8 Å². The first-order chi connectivity index (χ1) is 11.0. The van der Waals surface area contributed by atoms with Crippen molar-refractivity contribution in [2.24, 2.45) is 7.05 Å². The summed E-state index contributed by atoms with van der Waals surface area (Å²) >= 11 is 0. The Morgan fingerprint density at radius 1 is 1.33 bits per heavy atom. The van der Waals surface area contributed by atoms with Gasteiger partial charge in [-0.15, -0.1) is 0 Å². The predicted molar refractivity (Wildman–Crippen MR) is 81.1 cm³/mol. The summed E-state index contributed by atoms with van der Waals surface area (Å²) < 4.78 is 41.0. The van der Waals surface area contributed by atoms with E-state index in [-0.39, 0.29) is 11.6 Å². The Bertz CT molecular complexity index is 747. The molecule has 2 aromatic heterocycles. The van der Waals surface area contributed by atoms with E-state index in [2.05, 4.69) is 10.2 Å². The quantitative estimate of drug-likeness (QED) is 0.857. The first kappa shape index (κ1) is 18.0. The van der Waals surface area contributed by atoms with Gasteiger partial charge in [0, 0.05) is 38.1 Å². The van der Waals surface area contributed by atoms with E-state index in [0.29, 0.717) is 6.54 Å². The summed E-state index contributed by atoms with van der Waals surface area (Å²) in [7, 11) is 3.39. The SMILES string of the molecule is Cc1nn(C)cc1CN(C)C(=O)[C@H](C)n1nc(C(F)(F)F)cc1C. The largest absolute Gasteiger partial charge is 0.435 e. The van der Waals surface area contributed by atoms with Crippen LogP contribution in [0.3, 0.4) is 0 Å². The summed E-state index contributed by atoms with van der Waals surface area (Å²) in [6.45, 7) is 5.20. The zero-order valence-corrected chi connectivity index (χ0v) is 14.2. The second-order valence-corrected chi connectivity index (χ2v) is 5.90. The van der Waals surface area contributed by atoms with Gasteiger partial charge in [-0.1, -0.05) is 0 Å². The maximum Gasteiger partial charge on any atom is 0.435 e. The fraction of sp³-hybridized carbons (Fsp3) is 0.533. The number of carbonyl (C=O) groups is 1. The minimum atomic E-state index is -4.53. The van der Waals surface area contributed by atoms with E-state index in [4.69, 9.17) is 0 Å². The van der Waals surface area contributed by atoms with Crippen LogP contribution in [0.25, 0.3) is 0 Å². The average Bonchev–Trinajstić information content (AvgIpc) is 3.00. The van der Waals surface area contributed by atoms with E-state index >= 15 is 0 Å². The lowest BCUT2D eigenvalue weighted by Crippen LogP contribution is -2.33. The molecule has 0 aliphatic heterocycles. The van der Waals surface area contributed by atoms with E-state index in [1.165, 1.54) is 18.7 Å². The molecular formula is C15H20F3N5O. The van der Waals surface area contributed by atoms with Crippen molar-refractivity contribution in [2.45, 2.75) is 39.5 Å². The number of alkyl halides is 3. The summed E-state index contributed by atoms with van der Waals surface area (Å²) in [5.41, 5.74) is 0.979. The fourth-order valence-electron chi connectivity index (χ4n) is 2.58. The molecule has 0 N–H and O–H groups in total. The Morgan fingerprint density at radius 2 is 1.96 bits per heavy atom. The Morgan fingerprint density at radius 3 is 2.42 bits per heavy atom. The minimum Gasteiger partial charge on any atom is -0.339 e. The number of aryl methyl sites for hydroxylation is 3. The maximum absolute atomic E-state index is 12.8. The van der Waals surface area contributed by atoms with Crippen LogP contribution >= 0.6 is 0 Å². The third kappa shape index (κ3) is 3.60. The Kier molecular flexibility index (Phi) is 4.73. The lowest BCUT2D eigenvalue weighted by molar-refractivity contribution is -0.142. The molecule has 2 heterocycles. The van der Waals surface area contributed by atoms with Gasteiger partial charge in [-0.3, -0.25) is 14.2 Å². The maximum atomic E-state index is 12.8. The highest BCUT2D eigenvalue weighted by Gasteiger charge is 2.35. The zero-order valence-electron chi connectivity index (χ0n) is 14.2. The molecule has 0 spiro atoms. The standard InChI is InChI=1S/C15H20F3N5O/c1-9-6-13(15(16,17)18)20-23(9)11(3)14(24)21(4)7-12-8-22(5)19-10(12)2/h6,8,11H,7H2,1-5H3/t11-/m0/s1. The van der Waals surface area contributed by atoms with Crippen molar-refractivity contribution < 1.29 is 18.0 Å². The highest BCUT2D eigenvalue weighted by molar-refractivity contribution is 5.79. The van der Waals surface area contributed by atoms with Gasteiger partial charge in [-0.2, -0.15) is 23.4 Å². The zero-order chi connectivity index (χ0) is 18.2. The topological polar surface area (TPSA) is 56.0 Å². The van der Waals surface area contributed by atoms with Crippen LogP contribution < -0.4 is 0 Å². The normalized spacial score (nSPS) is 13.2. The number of hydrogen-bond donors (Lipinski definition) is 0. The van der Waals surface area contributed by atoms with E-state index in [0.717, 1.165) is 22.0 Å². The molecule has 24 heavy (non-hydrogen) atoms. The van der Waals surface area contributed by atoms with Crippen molar-refractivity contribution in [1.82, 2.24) is 24.5 Å². The molecule has 6 nitrogen and oxygen atoms in total. The highest BCUT2D eigenvalue weighted by Crippen LogP contribution is 2.29. The third-order valence-electron chi connectivity index (χ3n) is 3.84. The lowest BCUT2D eigenvalue weighted by Gasteiger charge is -2.22. The van der Waals surface area contributed by atoms with Gasteiger partial charge in [0.25, 0.3) is 0 Å². The number of hydrogen-bond acceptors (Lipinski definition) is 3. The molecule has 0 bridgehead atoms. The summed E-state index contributed by atoms with van der Waals surface area (Å²) in [5, 5.41) is 7.75. The average molecular weight is 343 g/mol. The highest BCUT2D eigenvalue weighted by atomic mass is 19.4. The summed E-state index contributed by atoms with van der Waals surface area (Å²) in [5.74, 6) is -0.321. The number of aromatic nitrogens is 4. The van der Waals surface area contributed by atoms with Crippen molar-refractivity contribution in [3.63, 3.8) is 0 Å². The van der Waals surface area contributed by atoms with Gasteiger partial charge in [-0.05, 0) is 26.8 Å². The second-order valence-electron chi connectivity index (χ2n) is 5.90. The molecule has 0 radical (unpaired) electrons. The van der Waals surface area contributed by atoms with Crippen LogP contribution in [0.1, 0.15) is 35.6 Å². The van der Waals surface area contributed by atoms with Gasteiger partial charge in [0.15, 0.2) is 5.69 Å². The molecule has 132 valence electrons. The third-order valence-corrected chi connectivity index (χ3v) is 3.84. The van der Waals surface area contributed by atoms with Gasteiger partial charge >= 0.3 is 6.18 Å². The molecule has 0 aliphatic carbocycles. The smallest absolute Gasteiger partial charge is 0.339 e. The fourth-order valence-corrected chi connectivity index (χ4v) is 2.58. The molecule has 0 fully saturated rings. The van der Waals surface area contributed by atoms with Crippen LogP contribution in [0.15, 0.2) is 12.3 Å². The van der Waals surface area contributed by atoms with Crippen LogP contribution in [0.2, 0.25) is 0 Å². The van der Waals surface area contributed by atoms with E-state index in [1.807, 2.05) is 13.1 Å². The molecule has 0 unspecified atom stereocenters. The molecule has 1 amide bonds. The molecule has 0 aromatic carbocycles. The first-order valence-electron chi connectivity index (χ1n) is 7.38.